The predicted molar refractivity (Wildman–Crippen MR) is 95.9 cm³/mol. The van der Waals surface area contributed by atoms with Crippen LogP contribution in [0.15, 0.2) is 41.7 Å². The van der Waals surface area contributed by atoms with Gasteiger partial charge in [0.25, 0.3) is 0 Å². The fraction of sp³-hybridized carbons (Fsp3) is 0.412. The highest BCUT2D eigenvalue weighted by molar-refractivity contribution is 6.30. The lowest BCUT2D eigenvalue weighted by atomic mass is 10.1. The first-order chi connectivity index (χ1) is 11.1. The maximum absolute atomic E-state index is 5.94. The van der Waals surface area contributed by atoms with E-state index in [-0.39, 0.29) is 6.04 Å². The molecular formula is C17H24ClN5. The summed E-state index contributed by atoms with van der Waals surface area (Å²) in [4.78, 5) is 4.61. The first kappa shape index (κ1) is 17.3. The lowest BCUT2D eigenvalue weighted by Crippen LogP contribution is -2.39. The van der Waals surface area contributed by atoms with Crippen molar-refractivity contribution in [3.63, 3.8) is 0 Å². The number of rotatable bonds is 6. The van der Waals surface area contributed by atoms with Gasteiger partial charge in [-0.1, -0.05) is 23.7 Å². The number of nitrogens with one attached hydrogen (secondary N) is 2. The van der Waals surface area contributed by atoms with E-state index in [4.69, 9.17) is 11.6 Å². The van der Waals surface area contributed by atoms with Crippen LogP contribution in [0.4, 0.5) is 0 Å². The minimum absolute atomic E-state index is 0.150. The Balaban J connectivity index is 1.93. The molecule has 1 heterocycles. The average Bonchev–Trinajstić information content (AvgIpc) is 2.93. The van der Waals surface area contributed by atoms with Gasteiger partial charge >= 0.3 is 0 Å². The molecule has 6 heteroatoms. The Morgan fingerprint density at radius 3 is 2.70 bits per heavy atom. The number of guanidine groups is 1. The van der Waals surface area contributed by atoms with Gasteiger partial charge in [-0.25, -0.2) is 0 Å². The van der Waals surface area contributed by atoms with Gasteiger partial charge in [-0.2, -0.15) is 5.10 Å². The normalized spacial score (nSPS) is 13.0. The van der Waals surface area contributed by atoms with E-state index in [1.165, 1.54) is 5.56 Å². The van der Waals surface area contributed by atoms with Crippen molar-refractivity contribution in [3.8, 4) is 0 Å². The Morgan fingerprint density at radius 2 is 2.09 bits per heavy atom. The highest BCUT2D eigenvalue weighted by Crippen LogP contribution is 2.15. The molecule has 0 bridgehead atoms. The summed E-state index contributed by atoms with van der Waals surface area (Å²) in [5.41, 5.74) is 2.33. The second-order valence-corrected chi connectivity index (χ2v) is 5.90. The summed E-state index contributed by atoms with van der Waals surface area (Å²) in [6.07, 6.45) is 3.88. The summed E-state index contributed by atoms with van der Waals surface area (Å²) in [5, 5.41) is 11.7. The molecule has 1 unspecified atom stereocenters. The van der Waals surface area contributed by atoms with Gasteiger partial charge in [0.2, 0.25) is 0 Å². The summed E-state index contributed by atoms with van der Waals surface area (Å²) < 4.78 is 1.91. The van der Waals surface area contributed by atoms with Crippen molar-refractivity contribution >= 4 is 17.6 Å². The fourth-order valence-electron chi connectivity index (χ4n) is 2.21. The van der Waals surface area contributed by atoms with Crippen LogP contribution in [0.2, 0.25) is 5.02 Å². The number of hydrogen-bond donors (Lipinski definition) is 2. The number of benzene rings is 1. The zero-order valence-corrected chi connectivity index (χ0v) is 14.6. The van der Waals surface area contributed by atoms with Gasteiger partial charge in [0.05, 0.1) is 25.3 Å². The van der Waals surface area contributed by atoms with Crippen LogP contribution < -0.4 is 10.6 Å². The van der Waals surface area contributed by atoms with Crippen LogP contribution in [0.5, 0.6) is 0 Å². The first-order valence-electron chi connectivity index (χ1n) is 7.88. The number of aryl methyl sites for hydroxylation is 1. The molecule has 0 aliphatic heterocycles. The molecule has 0 spiro atoms. The summed E-state index contributed by atoms with van der Waals surface area (Å²) in [6, 6.07) is 8.00. The van der Waals surface area contributed by atoms with Crippen molar-refractivity contribution in [2.24, 2.45) is 4.99 Å². The van der Waals surface area contributed by atoms with Crippen LogP contribution in [0.1, 0.15) is 31.0 Å². The third-order valence-electron chi connectivity index (χ3n) is 3.43. The molecule has 124 valence electrons. The standard InChI is InChI=1S/C17H24ClN5/c1-4-19-17(20-9-10-23-12-13(2)11-21-23)22-14(3)15-5-7-16(18)8-6-15/h5-8,11-12,14H,4,9-10H2,1-3H3,(H2,19,20,22). The third kappa shape index (κ3) is 5.60. The van der Waals surface area contributed by atoms with Crippen molar-refractivity contribution in [2.45, 2.75) is 33.4 Å². The van der Waals surface area contributed by atoms with E-state index in [9.17, 15) is 0 Å². The summed E-state index contributed by atoms with van der Waals surface area (Å²) in [6.45, 7) is 8.45. The highest BCUT2D eigenvalue weighted by Gasteiger charge is 2.07. The largest absolute Gasteiger partial charge is 0.357 e. The maximum atomic E-state index is 5.94. The Bertz CT molecular complexity index is 633. The molecule has 1 atom stereocenters. The molecule has 0 aliphatic carbocycles. The Morgan fingerprint density at radius 1 is 1.35 bits per heavy atom. The molecule has 2 N–H and O–H groups in total. The molecule has 0 radical (unpaired) electrons. The SMILES string of the molecule is CCNC(=NCCn1cc(C)cn1)NC(C)c1ccc(Cl)cc1. The Kier molecular flexibility index (Phi) is 6.47. The molecule has 0 saturated heterocycles. The quantitative estimate of drug-likeness (QED) is 0.630. The van der Waals surface area contributed by atoms with Crippen LogP contribution in [-0.2, 0) is 6.54 Å². The molecule has 2 aromatic rings. The van der Waals surface area contributed by atoms with Gasteiger partial charge in [-0.15, -0.1) is 0 Å². The van der Waals surface area contributed by atoms with E-state index in [0.717, 1.165) is 29.6 Å². The lowest BCUT2D eigenvalue weighted by Gasteiger charge is -2.18. The van der Waals surface area contributed by atoms with Crippen LogP contribution in [0.3, 0.4) is 0 Å². The van der Waals surface area contributed by atoms with E-state index in [0.29, 0.717) is 6.54 Å². The number of halogens is 1. The molecule has 5 nitrogen and oxygen atoms in total. The summed E-state index contributed by atoms with van der Waals surface area (Å²) >= 11 is 5.94. The second-order valence-electron chi connectivity index (χ2n) is 5.46. The summed E-state index contributed by atoms with van der Waals surface area (Å²) in [7, 11) is 0. The van der Waals surface area contributed by atoms with Crippen molar-refractivity contribution in [1.82, 2.24) is 20.4 Å². The van der Waals surface area contributed by atoms with Gasteiger partial charge in [-0.05, 0) is 44.0 Å². The molecule has 2 rings (SSSR count). The molecule has 0 saturated carbocycles. The van der Waals surface area contributed by atoms with E-state index in [1.54, 1.807) is 0 Å². The van der Waals surface area contributed by atoms with E-state index in [2.05, 4.69) is 34.6 Å². The number of hydrogen-bond acceptors (Lipinski definition) is 2. The maximum Gasteiger partial charge on any atom is 0.191 e. The van der Waals surface area contributed by atoms with Crippen LogP contribution in [0.25, 0.3) is 0 Å². The van der Waals surface area contributed by atoms with Gasteiger partial charge in [0, 0.05) is 17.8 Å². The molecule has 1 aromatic heterocycles. The number of aliphatic imine (C=N–C) groups is 1. The fourth-order valence-corrected chi connectivity index (χ4v) is 2.34. The molecule has 23 heavy (non-hydrogen) atoms. The monoisotopic (exact) mass is 333 g/mol. The molecule has 1 aromatic carbocycles. The smallest absolute Gasteiger partial charge is 0.191 e. The van der Waals surface area contributed by atoms with E-state index in [1.807, 2.05) is 48.3 Å². The molecular weight excluding hydrogens is 310 g/mol. The zero-order valence-electron chi connectivity index (χ0n) is 13.9. The van der Waals surface area contributed by atoms with Crippen molar-refractivity contribution in [2.75, 3.05) is 13.1 Å². The van der Waals surface area contributed by atoms with Gasteiger partial charge < -0.3 is 10.6 Å². The van der Waals surface area contributed by atoms with Gasteiger partial charge in [-0.3, -0.25) is 9.67 Å². The summed E-state index contributed by atoms with van der Waals surface area (Å²) in [5.74, 6) is 0.804. The minimum atomic E-state index is 0.150. The predicted octanol–water partition coefficient (Wildman–Crippen LogP) is 3.16. The minimum Gasteiger partial charge on any atom is -0.357 e. The second kappa shape index (κ2) is 8.58. The van der Waals surface area contributed by atoms with Crippen LogP contribution in [0, 0.1) is 6.92 Å². The Labute approximate surface area is 142 Å². The lowest BCUT2D eigenvalue weighted by molar-refractivity contribution is 0.617. The topological polar surface area (TPSA) is 54.2 Å². The highest BCUT2D eigenvalue weighted by atomic mass is 35.5. The molecule has 0 fully saturated rings. The average molecular weight is 334 g/mol. The van der Waals surface area contributed by atoms with E-state index < -0.39 is 0 Å². The van der Waals surface area contributed by atoms with Gasteiger partial charge in [0.1, 0.15) is 0 Å². The third-order valence-corrected chi connectivity index (χ3v) is 3.68. The molecule has 0 amide bonds. The number of nitrogens with zero attached hydrogens (tertiary/aromatic N) is 3. The van der Waals surface area contributed by atoms with Crippen molar-refractivity contribution in [3.05, 3.63) is 52.8 Å². The van der Waals surface area contributed by atoms with Crippen LogP contribution in [-0.4, -0.2) is 28.8 Å². The Hall–Kier alpha value is -2.01. The zero-order chi connectivity index (χ0) is 16.7. The van der Waals surface area contributed by atoms with E-state index >= 15 is 0 Å². The van der Waals surface area contributed by atoms with Crippen molar-refractivity contribution in [1.29, 1.82) is 0 Å². The molecule has 0 aliphatic rings. The van der Waals surface area contributed by atoms with Crippen molar-refractivity contribution < 1.29 is 0 Å². The van der Waals surface area contributed by atoms with Gasteiger partial charge in [0.15, 0.2) is 5.96 Å². The first-order valence-corrected chi connectivity index (χ1v) is 8.25. The number of aromatic nitrogens is 2. The van der Waals surface area contributed by atoms with Crippen LogP contribution >= 0.6 is 11.6 Å².